The third-order valence-electron chi connectivity index (χ3n) is 2.37. The van der Waals surface area contributed by atoms with Gasteiger partial charge in [-0.2, -0.15) is 0 Å². The summed E-state index contributed by atoms with van der Waals surface area (Å²) in [5.41, 5.74) is 2.02. The predicted octanol–water partition coefficient (Wildman–Crippen LogP) is 3.73. The van der Waals surface area contributed by atoms with Crippen LogP contribution in [0.3, 0.4) is 0 Å². The van der Waals surface area contributed by atoms with Crippen LogP contribution in [0, 0.1) is 0 Å². The number of benzene rings is 2. The van der Waals surface area contributed by atoms with E-state index in [1.54, 1.807) is 0 Å². The first kappa shape index (κ1) is 11.0. The second kappa shape index (κ2) is 5.55. The standard InChI is InChI=1S/C13H12O2P/c14-16-15-13(11-7-3-1-4-8-11)12-9-5-2-6-10-12/h1-10,13,16H/q+1. The molecule has 0 spiro atoms. The minimum Gasteiger partial charge on any atom is -0.135 e. The highest BCUT2D eigenvalue weighted by atomic mass is 31.1. The van der Waals surface area contributed by atoms with Crippen LogP contribution in [0.4, 0.5) is 0 Å². The van der Waals surface area contributed by atoms with Gasteiger partial charge in [0.2, 0.25) is 0 Å². The van der Waals surface area contributed by atoms with Crippen molar-refractivity contribution in [2.24, 2.45) is 0 Å². The first-order valence-electron chi connectivity index (χ1n) is 5.04. The monoisotopic (exact) mass is 231 g/mol. The molecule has 0 saturated heterocycles. The minimum absolute atomic E-state index is 0.252. The lowest BCUT2D eigenvalue weighted by Crippen LogP contribution is -2.00. The van der Waals surface area contributed by atoms with Crippen LogP contribution in [0.15, 0.2) is 60.7 Å². The fourth-order valence-electron chi connectivity index (χ4n) is 1.63. The third-order valence-corrected chi connectivity index (χ3v) is 2.70. The largest absolute Gasteiger partial charge is 0.495 e. The summed E-state index contributed by atoms with van der Waals surface area (Å²) >= 11 is 0. The number of rotatable bonds is 4. The van der Waals surface area contributed by atoms with Gasteiger partial charge in [-0.1, -0.05) is 60.7 Å². The highest BCUT2D eigenvalue weighted by Gasteiger charge is 2.18. The zero-order valence-electron chi connectivity index (χ0n) is 8.67. The summed E-state index contributed by atoms with van der Waals surface area (Å²) < 4.78 is 16.0. The Hall–Kier alpha value is -1.50. The quantitative estimate of drug-likeness (QED) is 0.749. The van der Waals surface area contributed by atoms with Crippen molar-refractivity contribution in [1.29, 1.82) is 0 Å². The summed E-state index contributed by atoms with van der Waals surface area (Å²) in [7, 11) is -0.761. The molecule has 2 nitrogen and oxygen atoms in total. The molecule has 2 aromatic carbocycles. The molecule has 1 unspecified atom stereocenters. The Labute approximate surface area is 96.2 Å². The van der Waals surface area contributed by atoms with Gasteiger partial charge in [-0.15, -0.1) is 4.52 Å². The van der Waals surface area contributed by atoms with E-state index < -0.39 is 8.69 Å². The van der Waals surface area contributed by atoms with E-state index in [0.29, 0.717) is 0 Å². The van der Waals surface area contributed by atoms with Crippen molar-refractivity contribution in [2.45, 2.75) is 6.10 Å². The normalized spacial score (nSPS) is 10.8. The predicted molar refractivity (Wildman–Crippen MR) is 64.8 cm³/mol. The minimum atomic E-state index is -0.761. The molecule has 1 atom stereocenters. The van der Waals surface area contributed by atoms with Crippen molar-refractivity contribution in [1.82, 2.24) is 0 Å². The lowest BCUT2D eigenvalue weighted by molar-refractivity contribution is 0.272. The molecule has 0 amide bonds. The van der Waals surface area contributed by atoms with Gasteiger partial charge >= 0.3 is 8.69 Å². The van der Waals surface area contributed by atoms with Crippen molar-refractivity contribution in [2.75, 3.05) is 0 Å². The molecule has 0 fully saturated rings. The summed E-state index contributed by atoms with van der Waals surface area (Å²) in [5, 5.41) is 0. The molecule has 3 heteroatoms. The SMILES string of the molecule is O=[PH+]OC(c1ccccc1)c1ccccc1. The van der Waals surface area contributed by atoms with Crippen LogP contribution in [0.2, 0.25) is 0 Å². The lowest BCUT2D eigenvalue weighted by atomic mass is 10.0. The van der Waals surface area contributed by atoms with Gasteiger partial charge in [0.05, 0.1) is 0 Å². The Morgan fingerprint density at radius 1 is 0.812 bits per heavy atom. The molecule has 80 valence electrons. The van der Waals surface area contributed by atoms with E-state index in [1.807, 2.05) is 60.7 Å². The zero-order chi connectivity index (χ0) is 11.2. The first-order valence-corrected chi connectivity index (χ1v) is 5.86. The topological polar surface area (TPSA) is 26.3 Å². The Morgan fingerprint density at radius 2 is 1.25 bits per heavy atom. The maximum atomic E-state index is 10.7. The van der Waals surface area contributed by atoms with Gasteiger partial charge in [0, 0.05) is 0 Å². The maximum absolute atomic E-state index is 10.7. The molecule has 2 rings (SSSR count). The molecule has 0 aromatic heterocycles. The Bertz CT molecular complexity index is 403. The highest BCUT2D eigenvalue weighted by molar-refractivity contribution is 7.17. The van der Waals surface area contributed by atoms with Crippen molar-refractivity contribution in [3.8, 4) is 0 Å². The van der Waals surface area contributed by atoms with Gasteiger partial charge in [0.25, 0.3) is 0 Å². The average Bonchev–Trinajstić information content (AvgIpc) is 2.38. The molecule has 0 aliphatic rings. The molecule has 0 N–H and O–H groups in total. The Kier molecular flexibility index (Phi) is 3.81. The summed E-state index contributed by atoms with van der Waals surface area (Å²) in [6.45, 7) is 0. The van der Waals surface area contributed by atoms with Gasteiger partial charge in [-0.05, 0) is 15.7 Å². The summed E-state index contributed by atoms with van der Waals surface area (Å²) in [5.74, 6) is 0. The van der Waals surface area contributed by atoms with Crippen LogP contribution < -0.4 is 0 Å². The molecule has 16 heavy (non-hydrogen) atoms. The van der Waals surface area contributed by atoms with Crippen LogP contribution in [0.5, 0.6) is 0 Å². The fourth-order valence-corrected chi connectivity index (χ4v) is 2.00. The van der Waals surface area contributed by atoms with Crippen molar-refractivity contribution < 1.29 is 9.09 Å². The second-order valence-corrected chi connectivity index (χ2v) is 3.80. The molecule has 0 bridgehead atoms. The van der Waals surface area contributed by atoms with Crippen molar-refractivity contribution >= 4 is 8.69 Å². The third kappa shape index (κ3) is 2.54. The average molecular weight is 231 g/mol. The van der Waals surface area contributed by atoms with E-state index in [-0.39, 0.29) is 6.10 Å². The van der Waals surface area contributed by atoms with Crippen LogP contribution in [-0.2, 0) is 9.09 Å². The molecule has 0 aliphatic heterocycles. The first-order chi connectivity index (χ1) is 7.92. The molecule has 0 aliphatic carbocycles. The molecule has 0 radical (unpaired) electrons. The van der Waals surface area contributed by atoms with Crippen LogP contribution in [0.1, 0.15) is 17.2 Å². The van der Waals surface area contributed by atoms with E-state index in [2.05, 4.69) is 0 Å². The van der Waals surface area contributed by atoms with Crippen LogP contribution in [-0.4, -0.2) is 0 Å². The molecule has 2 aromatic rings. The van der Waals surface area contributed by atoms with E-state index >= 15 is 0 Å². The van der Waals surface area contributed by atoms with Crippen molar-refractivity contribution in [3.05, 3.63) is 71.8 Å². The van der Waals surface area contributed by atoms with Gasteiger partial charge in [-0.25, -0.2) is 0 Å². The smallest absolute Gasteiger partial charge is 0.135 e. The summed E-state index contributed by atoms with van der Waals surface area (Å²) in [4.78, 5) is 0. The molecular weight excluding hydrogens is 219 g/mol. The van der Waals surface area contributed by atoms with Gasteiger partial charge in [0.15, 0.2) is 6.10 Å². The van der Waals surface area contributed by atoms with Crippen LogP contribution >= 0.6 is 8.69 Å². The van der Waals surface area contributed by atoms with E-state index in [9.17, 15) is 4.57 Å². The summed E-state index contributed by atoms with van der Waals surface area (Å²) in [6.07, 6.45) is -0.252. The van der Waals surface area contributed by atoms with Crippen molar-refractivity contribution in [3.63, 3.8) is 0 Å². The van der Waals surface area contributed by atoms with E-state index in [0.717, 1.165) is 11.1 Å². The van der Waals surface area contributed by atoms with Gasteiger partial charge in [0.1, 0.15) is 0 Å². The summed E-state index contributed by atoms with van der Waals surface area (Å²) in [6, 6.07) is 19.6. The molecule has 0 saturated carbocycles. The van der Waals surface area contributed by atoms with E-state index in [1.165, 1.54) is 0 Å². The molecular formula is C13H12O2P+. The number of hydrogen-bond acceptors (Lipinski definition) is 2. The van der Waals surface area contributed by atoms with Crippen LogP contribution in [0.25, 0.3) is 0 Å². The zero-order valence-corrected chi connectivity index (χ0v) is 9.67. The van der Waals surface area contributed by atoms with E-state index in [4.69, 9.17) is 4.52 Å². The Balaban J connectivity index is 2.35. The number of hydrogen-bond donors (Lipinski definition) is 0. The maximum Gasteiger partial charge on any atom is 0.495 e. The lowest BCUT2D eigenvalue weighted by Gasteiger charge is -2.10. The van der Waals surface area contributed by atoms with Gasteiger partial charge < -0.3 is 0 Å². The molecule has 0 heterocycles. The highest BCUT2D eigenvalue weighted by Crippen LogP contribution is 2.28. The second-order valence-electron chi connectivity index (χ2n) is 3.40. The van der Waals surface area contributed by atoms with Gasteiger partial charge in [-0.3, -0.25) is 0 Å². The Morgan fingerprint density at radius 3 is 1.62 bits per heavy atom. The fraction of sp³-hybridized carbons (Fsp3) is 0.0769.